The maximum Gasteiger partial charge on any atom is 0.327 e. The Morgan fingerprint density at radius 3 is 2.33 bits per heavy atom. The molecule has 162 valence electrons. The number of benzene rings is 1. The average molecular weight is 430 g/mol. The van der Waals surface area contributed by atoms with Gasteiger partial charge in [0, 0.05) is 11.3 Å². The number of carbonyl (C=O) groups excluding carboxylic acids is 1. The largest absolute Gasteiger partial charge is 0.472 e. The standard InChI is InChI=1S/C22H31N5O2S/c1-22(2,3)16-5-9-18(10-6-16)29-15-27(20-24-13-23-14-25-20)21(28)26-17-7-11-19(30-4)12-8-17/h5-6,9-10,13-14,17,19H,7-8,11-12,15H2,1-4H3,(H,26,28). The summed E-state index contributed by atoms with van der Waals surface area (Å²) in [5.74, 6) is 0.960. The zero-order valence-electron chi connectivity index (χ0n) is 18.2. The molecule has 30 heavy (non-hydrogen) atoms. The molecule has 1 aliphatic carbocycles. The van der Waals surface area contributed by atoms with E-state index in [9.17, 15) is 4.79 Å². The highest BCUT2D eigenvalue weighted by molar-refractivity contribution is 7.99. The summed E-state index contributed by atoms with van der Waals surface area (Å²) in [5, 5.41) is 3.82. The van der Waals surface area contributed by atoms with E-state index in [1.54, 1.807) is 0 Å². The Hall–Kier alpha value is -2.35. The fourth-order valence-electron chi connectivity index (χ4n) is 3.47. The number of anilines is 1. The van der Waals surface area contributed by atoms with E-state index in [0.29, 0.717) is 11.0 Å². The summed E-state index contributed by atoms with van der Waals surface area (Å²) in [5.41, 5.74) is 1.30. The van der Waals surface area contributed by atoms with Gasteiger partial charge in [-0.15, -0.1) is 0 Å². The number of rotatable bonds is 6. The minimum atomic E-state index is -0.250. The first-order valence-corrected chi connectivity index (χ1v) is 11.6. The summed E-state index contributed by atoms with van der Waals surface area (Å²) in [6, 6.07) is 7.86. The van der Waals surface area contributed by atoms with Gasteiger partial charge in [0.25, 0.3) is 0 Å². The molecule has 1 aliphatic rings. The van der Waals surface area contributed by atoms with E-state index in [1.807, 2.05) is 36.0 Å². The Balaban J connectivity index is 1.65. The Labute approximate surface area is 183 Å². The Bertz CT molecular complexity index is 803. The molecular weight excluding hydrogens is 398 g/mol. The summed E-state index contributed by atoms with van der Waals surface area (Å²) >= 11 is 1.91. The van der Waals surface area contributed by atoms with E-state index in [0.717, 1.165) is 25.7 Å². The maximum atomic E-state index is 13.0. The first kappa shape index (κ1) is 22.3. The highest BCUT2D eigenvalue weighted by atomic mass is 32.2. The molecule has 7 nitrogen and oxygen atoms in total. The van der Waals surface area contributed by atoms with Gasteiger partial charge in [0.05, 0.1) is 0 Å². The first-order valence-electron chi connectivity index (χ1n) is 10.3. The number of ether oxygens (including phenoxy) is 1. The first-order chi connectivity index (χ1) is 14.4. The quantitative estimate of drug-likeness (QED) is 0.686. The summed E-state index contributed by atoms with van der Waals surface area (Å²) < 4.78 is 5.90. The third-order valence-electron chi connectivity index (χ3n) is 5.38. The number of thioether (sulfide) groups is 1. The second-order valence-corrected chi connectivity index (χ2v) is 9.71. The SMILES string of the molecule is CSC1CCC(NC(=O)N(COc2ccc(C(C)(C)C)cc2)c2ncncn2)CC1. The lowest BCUT2D eigenvalue weighted by molar-refractivity contribution is 0.228. The van der Waals surface area contributed by atoms with Crippen LogP contribution in [0.25, 0.3) is 0 Å². The predicted octanol–water partition coefficient (Wildman–Crippen LogP) is 4.40. The van der Waals surface area contributed by atoms with Gasteiger partial charge < -0.3 is 10.1 Å². The molecule has 8 heteroatoms. The topological polar surface area (TPSA) is 80.2 Å². The molecule has 1 aromatic heterocycles. The Morgan fingerprint density at radius 1 is 1.13 bits per heavy atom. The van der Waals surface area contributed by atoms with Crippen LogP contribution in [0.15, 0.2) is 36.9 Å². The number of carbonyl (C=O) groups is 1. The normalized spacial score (nSPS) is 19.2. The van der Waals surface area contributed by atoms with E-state index in [-0.39, 0.29) is 30.2 Å². The number of hydrogen-bond acceptors (Lipinski definition) is 6. The van der Waals surface area contributed by atoms with Gasteiger partial charge in [-0.1, -0.05) is 32.9 Å². The molecule has 0 unspecified atom stereocenters. The van der Waals surface area contributed by atoms with Crippen LogP contribution in [0.4, 0.5) is 10.7 Å². The third kappa shape index (κ3) is 6.08. The zero-order valence-corrected chi connectivity index (χ0v) is 19.0. The van der Waals surface area contributed by atoms with Crippen molar-refractivity contribution in [3.8, 4) is 5.75 Å². The van der Waals surface area contributed by atoms with Gasteiger partial charge in [-0.05, 0) is 55.1 Å². The van der Waals surface area contributed by atoms with Crippen molar-refractivity contribution in [3.63, 3.8) is 0 Å². The van der Waals surface area contributed by atoms with E-state index >= 15 is 0 Å². The van der Waals surface area contributed by atoms with Gasteiger partial charge in [-0.25, -0.2) is 24.6 Å². The molecule has 0 radical (unpaired) electrons. The zero-order chi connectivity index (χ0) is 21.6. The molecule has 1 saturated carbocycles. The monoisotopic (exact) mass is 429 g/mol. The molecule has 1 N–H and O–H groups in total. The minimum Gasteiger partial charge on any atom is -0.472 e. The van der Waals surface area contributed by atoms with Crippen LogP contribution in [0.3, 0.4) is 0 Å². The molecule has 0 aliphatic heterocycles. The number of aromatic nitrogens is 3. The van der Waals surface area contributed by atoms with Crippen LogP contribution < -0.4 is 15.0 Å². The van der Waals surface area contributed by atoms with Crippen LogP contribution in [0.5, 0.6) is 5.75 Å². The van der Waals surface area contributed by atoms with Crippen LogP contribution in [-0.2, 0) is 5.41 Å². The van der Waals surface area contributed by atoms with Crippen LogP contribution in [0, 0.1) is 0 Å². The van der Waals surface area contributed by atoms with Crippen LogP contribution in [-0.4, -0.2) is 45.3 Å². The van der Waals surface area contributed by atoms with Crippen molar-refractivity contribution in [1.82, 2.24) is 20.3 Å². The number of urea groups is 1. The lowest BCUT2D eigenvalue weighted by atomic mass is 9.87. The van der Waals surface area contributed by atoms with E-state index in [4.69, 9.17) is 4.74 Å². The summed E-state index contributed by atoms with van der Waals surface area (Å²) in [7, 11) is 0. The molecule has 2 aromatic rings. The van der Waals surface area contributed by atoms with Gasteiger partial charge >= 0.3 is 6.03 Å². The highest BCUT2D eigenvalue weighted by Crippen LogP contribution is 2.27. The van der Waals surface area contributed by atoms with Crippen molar-refractivity contribution in [2.24, 2.45) is 0 Å². The van der Waals surface area contributed by atoms with Gasteiger partial charge in [0.1, 0.15) is 18.4 Å². The number of nitrogens with one attached hydrogen (secondary N) is 1. The predicted molar refractivity (Wildman–Crippen MR) is 121 cm³/mol. The summed E-state index contributed by atoms with van der Waals surface area (Å²) in [6.45, 7) is 6.53. The van der Waals surface area contributed by atoms with Gasteiger partial charge in [0.15, 0.2) is 6.73 Å². The summed E-state index contributed by atoms with van der Waals surface area (Å²) in [4.78, 5) is 26.5. The Kier molecular flexibility index (Phi) is 7.53. The fraction of sp³-hybridized carbons (Fsp3) is 0.545. The van der Waals surface area contributed by atoms with Crippen LogP contribution >= 0.6 is 11.8 Å². The van der Waals surface area contributed by atoms with Crippen molar-refractivity contribution < 1.29 is 9.53 Å². The second kappa shape index (κ2) is 10.1. The van der Waals surface area contributed by atoms with Crippen LogP contribution in [0.2, 0.25) is 0 Å². The van der Waals surface area contributed by atoms with Crippen LogP contribution in [0.1, 0.15) is 52.0 Å². The molecule has 3 rings (SSSR count). The van der Waals surface area contributed by atoms with Crippen molar-refractivity contribution >= 4 is 23.7 Å². The molecular formula is C22H31N5O2S. The van der Waals surface area contributed by atoms with Crippen molar-refractivity contribution in [2.75, 3.05) is 17.9 Å². The molecule has 1 heterocycles. The maximum absolute atomic E-state index is 13.0. The molecule has 1 fully saturated rings. The highest BCUT2D eigenvalue weighted by Gasteiger charge is 2.26. The number of hydrogen-bond donors (Lipinski definition) is 1. The average Bonchev–Trinajstić information content (AvgIpc) is 2.75. The summed E-state index contributed by atoms with van der Waals surface area (Å²) in [6.07, 6.45) is 9.12. The van der Waals surface area contributed by atoms with E-state index < -0.39 is 0 Å². The Morgan fingerprint density at radius 2 is 1.77 bits per heavy atom. The molecule has 1 aromatic carbocycles. The molecule has 0 spiro atoms. The van der Waals surface area contributed by atoms with Gasteiger partial charge in [0.2, 0.25) is 5.95 Å². The van der Waals surface area contributed by atoms with Gasteiger partial charge in [-0.2, -0.15) is 11.8 Å². The number of nitrogens with zero attached hydrogens (tertiary/aromatic N) is 4. The molecule has 0 atom stereocenters. The van der Waals surface area contributed by atoms with Crippen molar-refractivity contribution in [3.05, 3.63) is 42.5 Å². The van der Waals surface area contributed by atoms with Gasteiger partial charge in [-0.3, -0.25) is 0 Å². The second-order valence-electron chi connectivity index (χ2n) is 8.57. The molecule has 0 saturated heterocycles. The smallest absolute Gasteiger partial charge is 0.327 e. The van der Waals surface area contributed by atoms with E-state index in [1.165, 1.54) is 23.1 Å². The van der Waals surface area contributed by atoms with Crippen molar-refractivity contribution in [1.29, 1.82) is 0 Å². The van der Waals surface area contributed by atoms with E-state index in [2.05, 4.69) is 47.3 Å². The fourth-order valence-corrected chi connectivity index (χ4v) is 4.21. The molecule has 0 bridgehead atoms. The lowest BCUT2D eigenvalue weighted by Crippen LogP contribution is -2.48. The minimum absolute atomic E-state index is 0.0187. The molecule has 2 amide bonds. The number of amides is 2. The lowest BCUT2D eigenvalue weighted by Gasteiger charge is -2.30. The van der Waals surface area contributed by atoms with Crippen molar-refractivity contribution in [2.45, 2.75) is 63.2 Å². The third-order valence-corrected chi connectivity index (χ3v) is 6.52.